The molecule has 1 heterocycles. The number of hydrogen-bond acceptors (Lipinski definition) is 3. The van der Waals surface area contributed by atoms with Gasteiger partial charge >= 0.3 is 0 Å². The molecule has 4 rings (SSSR count). The summed E-state index contributed by atoms with van der Waals surface area (Å²) >= 11 is 0. The Morgan fingerprint density at radius 3 is 2.31 bits per heavy atom. The largest absolute Gasteiger partial charge is 0.466 e. The van der Waals surface area contributed by atoms with Gasteiger partial charge < -0.3 is 14.8 Å². The zero-order valence-corrected chi connectivity index (χ0v) is 14.4. The number of rotatable bonds is 6. The third-order valence-corrected chi connectivity index (χ3v) is 4.97. The highest BCUT2D eigenvalue weighted by molar-refractivity contribution is 5.94. The van der Waals surface area contributed by atoms with Gasteiger partial charge in [0.05, 0.1) is 12.8 Å². The minimum atomic E-state index is -1.14. The molecule has 2 aromatic carbocycles. The molecule has 4 heteroatoms. The zero-order chi connectivity index (χ0) is 18.0. The first kappa shape index (κ1) is 16.6. The summed E-state index contributed by atoms with van der Waals surface area (Å²) in [7, 11) is 0. The summed E-state index contributed by atoms with van der Waals surface area (Å²) in [5.41, 5.74) is 1.61. The standard InChI is InChI=1S/C22H21NO3/c24-21(18-10-8-17(9-11-18)16-5-2-1-3-6-16)23-15-22(25,19-12-13-19)20-7-4-14-26-20/h1-11,14,19,25H,12-13,15H2,(H,23,24). The molecule has 1 aliphatic carbocycles. The van der Waals surface area contributed by atoms with Crippen molar-refractivity contribution in [3.8, 4) is 11.1 Å². The Kier molecular flexibility index (Phi) is 4.35. The molecule has 0 spiro atoms. The molecule has 0 radical (unpaired) electrons. The molecule has 26 heavy (non-hydrogen) atoms. The van der Waals surface area contributed by atoms with Crippen molar-refractivity contribution in [3.63, 3.8) is 0 Å². The Morgan fingerprint density at radius 1 is 1.00 bits per heavy atom. The quantitative estimate of drug-likeness (QED) is 0.709. The van der Waals surface area contributed by atoms with Gasteiger partial charge in [0.25, 0.3) is 5.91 Å². The van der Waals surface area contributed by atoms with Crippen molar-refractivity contribution in [3.05, 3.63) is 84.3 Å². The monoisotopic (exact) mass is 347 g/mol. The maximum absolute atomic E-state index is 12.5. The molecule has 0 bridgehead atoms. The molecule has 1 aliphatic rings. The van der Waals surface area contributed by atoms with Crippen LogP contribution in [0.3, 0.4) is 0 Å². The van der Waals surface area contributed by atoms with Crippen LogP contribution < -0.4 is 5.32 Å². The highest BCUT2D eigenvalue weighted by Gasteiger charge is 2.47. The summed E-state index contributed by atoms with van der Waals surface area (Å²) in [6.45, 7) is 0.143. The lowest BCUT2D eigenvalue weighted by molar-refractivity contribution is -0.00610. The smallest absolute Gasteiger partial charge is 0.251 e. The second-order valence-corrected chi connectivity index (χ2v) is 6.80. The second-order valence-electron chi connectivity index (χ2n) is 6.80. The lowest BCUT2D eigenvalue weighted by Gasteiger charge is -2.26. The van der Waals surface area contributed by atoms with Crippen LogP contribution in [0.2, 0.25) is 0 Å². The van der Waals surface area contributed by atoms with Gasteiger partial charge in [-0.3, -0.25) is 4.79 Å². The number of furan rings is 1. The van der Waals surface area contributed by atoms with Crippen molar-refractivity contribution >= 4 is 5.91 Å². The maximum Gasteiger partial charge on any atom is 0.251 e. The van der Waals surface area contributed by atoms with Crippen LogP contribution in [0.5, 0.6) is 0 Å². The summed E-state index contributed by atoms with van der Waals surface area (Å²) in [5.74, 6) is 0.448. The topological polar surface area (TPSA) is 62.5 Å². The van der Waals surface area contributed by atoms with Crippen LogP contribution in [0.1, 0.15) is 29.0 Å². The summed E-state index contributed by atoms with van der Waals surface area (Å²) in [6, 6.07) is 21.0. The Hall–Kier alpha value is -2.85. The van der Waals surface area contributed by atoms with Crippen LogP contribution >= 0.6 is 0 Å². The van der Waals surface area contributed by atoms with Crippen molar-refractivity contribution in [2.45, 2.75) is 18.4 Å². The van der Waals surface area contributed by atoms with E-state index in [2.05, 4.69) is 5.32 Å². The third kappa shape index (κ3) is 3.28. The molecule has 1 atom stereocenters. The summed E-state index contributed by atoms with van der Waals surface area (Å²) in [5, 5.41) is 13.9. The molecule has 1 fully saturated rings. The Morgan fingerprint density at radius 2 is 1.69 bits per heavy atom. The van der Waals surface area contributed by atoms with Gasteiger partial charge in [0.1, 0.15) is 11.4 Å². The van der Waals surface area contributed by atoms with Gasteiger partial charge in [0.15, 0.2) is 0 Å². The van der Waals surface area contributed by atoms with Gasteiger partial charge in [-0.15, -0.1) is 0 Å². The molecule has 1 amide bonds. The summed E-state index contributed by atoms with van der Waals surface area (Å²) < 4.78 is 5.40. The first-order valence-corrected chi connectivity index (χ1v) is 8.87. The van der Waals surface area contributed by atoms with Crippen molar-refractivity contribution in [1.82, 2.24) is 5.32 Å². The summed E-state index contributed by atoms with van der Waals surface area (Å²) in [6.07, 6.45) is 3.44. The van der Waals surface area contributed by atoms with E-state index in [0.717, 1.165) is 24.0 Å². The number of aliphatic hydroxyl groups is 1. The summed E-state index contributed by atoms with van der Waals surface area (Å²) in [4.78, 5) is 12.5. The molecule has 4 nitrogen and oxygen atoms in total. The Labute approximate surface area is 152 Å². The lowest BCUT2D eigenvalue weighted by atomic mass is 9.94. The normalized spacial score (nSPS) is 16.0. The van der Waals surface area contributed by atoms with Crippen LogP contribution in [0.25, 0.3) is 11.1 Å². The molecule has 3 aromatic rings. The van der Waals surface area contributed by atoms with E-state index in [9.17, 15) is 9.90 Å². The van der Waals surface area contributed by atoms with E-state index in [0.29, 0.717) is 11.3 Å². The van der Waals surface area contributed by atoms with Gasteiger partial charge in [-0.25, -0.2) is 0 Å². The highest BCUT2D eigenvalue weighted by Crippen LogP contribution is 2.45. The van der Waals surface area contributed by atoms with Crippen molar-refractivity contribution in [2.75, 3.05) is 6.54 Å². The van der Waals surface area contributed by atoms with Gasteiger partial charge in [0.2, 0.25) is 0 Å². The fourth-order valence-electron chi connectivity index (χ4n) is 3.28. The number of hydrogen-bond donors (Lipinski definition) is 2. The predicted octanol–water partition coefficient (Wildman–Crippen LogP) is 3.97. The van der Waals surface area contributed by atoms with E-state index < -0.39 is 5.60 Å². The fraction of sp³-hybridized carbons (Fsp3) is 0.227. The van der Waals surface area contributed by atoms with Crippen LogP contribution in [-0.2, 0) is 5.60 Å². The molecule has 2 N–H and O–H groups in total. The second kappa shape index (κ2) is 6.81. The average Bonchev–Trinajstić information content (AvgIpc) is 3.41. The van der Waals surface area contributed by atoms with Crippen molar-refractivity contribution in [1.29, 1.82) is 0 Å². The Bertz CT molecular complexity index is 868. The molecular weight excluding hydrogens is 326 g/mol. The minimum absolute atomic E-state index is 0.134. The van der Waals surface area contributed by atoms with E-state index >= 15 is 0 Å². The van der Waals surface area contributed by atoms with Crippen molar-refractivity contribution in [2.24, 2.45) is 5.92 Å². The number of carbonyl (C=O) groups excluding carboxylic acids is 1. The molecule has 0 saturated heterocycles. The van der Waals surface area contributed by atoms with E-state index in [1.54, 1.807) is 30.5 Å². The van der Waals surface area contributed by atoms with E-state index in [1.165, 1.54) is 0 Å². The predicted molar refractivity (Wildman–Crippen MR) is 99.5 cm³/mol. The lowest BCUT2D eigenvalue weighted by Crippen LogP contribution is -2.42. The van der Waals surface area contributed by atoms with Crippen LogP contribution in [0, 0.1) is 5.92 Å². The van der Waals surface area contributed by atoms with Crippen LogP contribution in [0.15, 0.2) is 77.4 Å². The molecule has 1 unspecified atom stereocenters. The minimum Gasteiger partial charge on any atom is -0.466 e. The first-order chi connectivity index (χ1) is 12.7. The van der Waals surface area contributed by atoms with Gasteiger partial charge in [-0.2, -0.15) is 0 Å². The number of carbonyl (C=O) groups is 1. The first-order valence-electron chi connectivity index (χ1n) is 8.87. The molecule has 1 aromatic heterocycles. The van der Waals surface area contributed by atoms with Gasteiger partial charge in [-0.1, -0.05) is 42.5 Å². The number of amides is 1. The van der Waals surface area contributed by atoms with Gasteiger partial charge in [0, 0.05) is 5.56 Å². The van der Waals surface area contributed by atoms with E-state index in [-0.39, 0.29) is 18.4 Å². The molecule has 132 valence electrons. The molecule has 0 aliphatic heterocycles. The average molecular weight is 347 g/mol. The Balaban J connectivity index is 1.45. The molecular formula is C22H21NO3. The molecule has 1 saturated carbocycles. The number of nitrogens with one attached hydrogen (secondary N) is 1. The maximum atomic E-state index is 12.5. The van der Waals surface area contributed by atoms with Gasteiger partial charge in [-0.05, 0) is 54.2 Å². The van der Waals surface area contributed by atoms with E-state index in [4.69, 9.17) is 4.42 Å². The van der Waals surface area contributed by atoms with Crippen LogP contribution in [0.4, 0.5) is 0 Å². The van der Waals surface area contributed by atoms with Crippen molar-refractivity contribution < 1.29 is 14.3 Å². The zero-order valence-electron chi connectivity index (χ0n) is 14.4. The van der Waals surface area contributed by atoms with E-state index in [1.807, 2.05) is 42.5 Å². The highest BCUT2D eigenvalue weighted by atomic mass is 16.4. The fourth-order valence-corrected chi connectivity index (χ4v) is 3.28. The SMILES string of the molecule is O=C(NCC(O)(c1ccco1)C1CC1)c1ccc(-c2ccccc2)cc1. The third-order valence-electron chi connectivity index (χ3n) is 4.97. The number of benzene rings is 2. The van der Waals surface area contributed by atoms with Crippen LogP contribution in [-0.4, -0.2) is 17.6 Å².